The summed E-state index contributed by atoms with van der Waals surface area (Å²) in [6.45, 7) is 3.09. The van der Waals surface area contributed by atoms with E-state index in [9.17, 15) is 9.59 Å². The SMILES string of the molecule is C[C@@H](NC(=O)[C@@H]1C[C@H]2C=C[C@H]1C2)C(=O)N1Cc2ccccc2C1. The van der Waals surface area contributed by atoms with Gasteiger partial charge in [0, 0.05) is 19.0 Å². The molecule has 1 heterocycles. The molecule has 120 valence electrons. The number of benzene rings is 1. The number of rotatable bonds is 3. The van der Waals surface area contributed by atoms with E-state index in [4.69, 9.17) is 0 Å². The molecule has 2 amide bonds. The van der Waals surface area contributed by atoms with Crippen molar-refractivity contribution in [3.8, 4) is 0 Å². The van der Waals surface area contributed by atoms with Crippen molar-refractivity contribution in [1.82, 2.24) is 10.2 Å². The van der Waals surface area contributed by atoms with E-state index < -0.39 is 6.04 Å². The normalized spacial score (nSPS) is 28.7. The zero-order chi connectivity index (χ0) is 16.0. The lowest BCUT2D eigenvalue weighted by molar-refractivity contribution is -0.137. The van der Waals surface area contributed by atoms with Gasteiger partial charge in [-0.25, -0.2) is 0 Å². The predicted octanol–water partition coefficient (Wildman–Crippen LogP) is 2.25. The molecule has 0 saturated heterocycles. The molecule has 1 aromatic rings. The first-order valence-corrected chi connectivity index (χ1v) is 8.46. The van der Waals surface area contributed by atoms with Gasteiger partial charge < -0.3 is 10.2 Å². The minimum atomic E-state index is -0.458. The highest BCUT2D eigenvalue weighted by Crippen LogP contribution is 2.43. The Morgan fingerprint density at radius 2 is 1.83 bits per heavy atom. The maximum Gasteiger partial charge on any atom is 0.245 e. The highest BCUT2D eigenvalue weighted by atomic mass is 16.2. The number of carbonyl (C=O) groups is 2. The third-order valence-electron chi connectivity index (χ3n) is 5.50. The van der Waals surface area contributed by atoms with Crippen LogP contribution in [0.5, 0.6) is 0 Å². The average Bonchev–Trinajstić information content (AvgIpc) is 3.27. The van der Waals surface area contributed by atoms with Crippen molar-refractivity contribution in [2.75, 3.05) is 0 Å². The minimum Gasteiger partial charge on any atom is -0.344 e. The largest absolute Gasteiger partial charge is 0.344 e. The van der Waals surface area contributed by atoms with E-state index in [1.54, 1.807) is 6.92 Å². The fraction of sp³-hybridized carbons (Fsp3) is 0.474. The first-order chi connectivity index (χ1) is 11.1. The van der Waals surface area contributed by atoms with E-state index in [1.165, 1.54) is 11.1 Å². The van der Waals surface area contributed by atoms with Crippen LogP contribution in [-0.2, 0) is 22.7 Å². The highest BCUT2D eigenvalue weighted by molar-refractivity contribution is 5.89. The maximum absolute atomic E-state index is 12.6. The molecule has 23 heavy (non-hydrogen) atoms. The van der Waals surface area contributed by atoms with Gasteiger partial charge in [-0.1, -0.05) is 36.4 Å². The van der Waals surface area contributed by atoms with Crippen molar-refractivity contribution in [2.24, 2.45) is 17.8 Å². The Balaban J connectivity index is 1.36. The van der Waals surface area contributed by atoms with E-state index in [0.717, 1.165) is 12.8 Å². The lowest BCUT2D eigenvalue weighted by Gasteiger charge is -2.24. The molecule has 0 aromatic heterocycles. The second-order valence-corrected chi connectivity index (χ2v) is 7.08. The van der Waals surface area contributed by atoms with Gasteiger partial charge in [0.25, 0.3) is 0 Å². The van der Waals surface area contributed by atoms with Crippen molar-refractivity contribution in [3.05, 3.63) is 47.5 Å². The Morgan fingerprint density at radius 3 is 2.39 bits per heavy atom. The Labute approximate surface area is 136 Å². The van der Waals surface area contributed by atoms with Crippen LogP contribution in [0.15, 0.2) is 36.4 Å². The molecule has 4 nitrogen and oxygen atoms in total. The average molecular weight is 310 g/mol. The van der Waals surface area contributed by atoms with Crippen molar-refractivity contribution in [1.29, 1.82) is 0 Å². The van der Waals surface area contributed by atoms with Crippen LogP contribution in [0, 0.1) is 17.8 Å². The van der Waals surface area contributed by atoms with Crippen molar-refractivity contribution in [3.63, 3.8) is 0 Å². The minimum absolute atomic E-state index is 0.00764. The summed E-state index contributed by atoms with van der Waals surface area (Å²) >= 11 is 0. The van der Waals surface area contributed by atoms with Gasteiger partial charge >= 0.3 is 0 Å². The number of nitrogens with one attached hydrogen (secondary N) is 1. The standard InChI is InChI=1S/C19H22N2O2/c1-12(20-18(22)17-9-13-6-7-14(17)8-13)19(23)21-10-15-4-2-3-5-16(15)11-21/h2-7,12-14,17H,8-11H2,1H3,(H,20,22)/t12-,13+,14+,17-/m1/s1. The zero-order valence-electron chi connectivity index (χ0n) is 13.4. The van der Waals surface area contributed by atoms with E-state index in [0.29, 0.717) is 24.9 Å². The summed E-state index contributed by atoms with van der Waals surface area (Å²) < 4.78 is 0. The molecule has 1 fully saturated rings. The molecule has 4 atom stereocenters. The highest BCUT2D eigenvalue weighted by Gasteiger charge is 2.40. The summed E-state index contributed by atoms with van der Waals surface area (Å²) in [5.41, 5.74) is 2.41. The molecule has 1 saturated carbocycles. The van der Waals surface area contributed by atoms with Gasteiger partial charge in [0.05, 0.1) is 0 Å². The lowest BCUT2D eigenvalue weighted by Crippen LogP contribution is -2.47. The van der Waals surface area contributed by atoms with Gasteiger partial charge in [-0.3, -0.25) is 9.59 Å². The molecule has 3 aliphatic rings. The van der Waals surface area contributed by atoms with E-state index in [-0.39, 0.29) is 17.7 Å². The summed E-state index contributed by atoms with van der Waals surface area (Å²) in [4.78, 5) is 26.9. The summed E-state index contributed by atoms with van der Waals surface area (Å²) in [7, 11) is 0. The van der Waals surface area contributed by atoms with Crippen LogP contribution in [0.3, 0.4) is 0 Å². The zero-order valence-corrected chi connectivity index (χ0v) is 13.4. The predicted molar refractivity (Wildman–Crippen MR) is 87.1 cm³/mol. The Hall–Kier alpha value is -2.10. The molecule has 0 radical (unpaired) electrons. The molecule has 0 unspecified atom stereocenters. The quantitative estimate of drug-likeness (QED) is 0.871. The molecule has 1 aromatic carbocycles. The Morgan fingerprint density at radius 1 is 1.13 bits per heavy atom. The summed E-state index contributed by atoms with van der Waals surface area (Å²) in [6.07, 6.45) is 6.43. The molecular formula is C19H22N2O2. The van der Waals surface area contributed by atoms with E-state index >= 15 is 0 Å². The third-order valence-corrected chi connectivity index (χ3v) is 5.50. The fourth-order valence-electron chi connectivity index (χ4n) is 4.23. The second kappa shape index (κ2) is 5.52. The lowest BCUT2D eigenvalue weighted by atomic mass is 9.92. The monoisotopic (exact) mass is 310 g/mol. The van der Waals surface area contributed by atoms with Gasteiger partial charge in [-0.05, 0) is 42.7 Å². The van der Waals surface area contributed by atoms with Gasteiger partial charge in [-0.15, -0.1) is 0 Å². The van der Waals surface area contributed by atoms with Gasteiger partial charge in [0.1, 0.15) is 6.04 Å². The van der Waals surface area contributed by atoms with Gasteiger partial charge in [0.15, 0.2) is 0 Å². The van der Waals surface area contributed by atoms with E-state index in [1.807, 2.05) is 17.0 Å². The van der Waals surface area contributed by atoms with Crippen LogP contribution >= 0.6 is 0 Å². The number of fused-ring (bicyclic) bond motifs is 3. The number of carbonyl (C=O) groups excluding carboxylic acids is 2. The molecule has 4 rings (SSSR count). The van der Waals surface area contributed by atoms with Crippen molar-refractivity contribution >= 4 is 11.8 Å². The van der Waals surface area contributed by atoms with Crippen LogP contribution in [0.4, 0.5) is 0 Å². The topological polar surface area (TPSA) is 49.4 Å². The first kappa shape index (κ1) is 14.5. The molecule has 1 aliphatic heterocycles. The van der Waals surface area contributed by atoms with Crippen LogP contribution in [0.2, 0.25) is 0 Å². The number of amides is 2. The van der Waals surface area contributed by atoms with Crippen molar-refractivity contribution < 1.29 is 9.59 Å². The fourth-order valence-corrected chi connectivity index (χ4v) is 4.23. The van der Waals surface area contributed by atoms with Gasteiger partial charge in [-0.2, -0.15) is 0 Å². The molecule has 2 bridgehead atoms. The molecular weight excluding hydrogens is 288 g/mol. The molecule has 1 N–H and O–H groups in total. The van der Waals surface area contributed by atoms with Crippen molar-refractivity contribution in [2.45, 2.75) is 38.9 Å². The van der Waals surface area contributed by atoms with E-state index in [2.05, 4.69) is 29.6 Å². The number of nitrogens with zero attached hydrogens (tertiary/aromatic N) is 1. The van der Waals surface area contributed by atoms with Gasteiger partial charge in [0.2, 0.25) is 11.8 Å². The number of allylic oxidation sites excluding steroid dienone is 2. The second-order valence-electron chi connectivity index (χ2n) is 7.08. The van der Waals surface area contributed by atoms with Crippen LogP contribution in [-0.4, -0.2) is 22.8 Å². The summed E-state index contributed by atoms with van der Waals surface area (Å²) in [5, 5.41) is 2.95. The number of hydrogen-bond donors (Lipinski definition) is 1. The van der Waals surface area contributed by atoms with Crippen LogP contribution < -0.4 is 5.32 Å². The Bertz CT molecular complexity index is 657. The Kier molecular flexibility index (Phi) is 3.47. The third kappa shape index (κ3) is 2.56. The summed E-state index contributed by atoms with van der Waals surface area (Å²) in [5.74, 6) is 1.04. The first-order valence-electron chi connectivity index (χ1n) is 8.46. The molecule has 2 aliphatic carbocycles. The molecule has 0 spiro atoms. The van der Waals surface area contributed by atoms with Crippen LogP contribution in [0.25, 0.3) is 0 Å². The van der Waals surface area contributed by atoms with Crippen LogP contribution in [0.1, 0.15) is 30.9 Å². The molecule has 4 heteroatoms. The smallest absolute Gasteiger partial charge is 0.245 e. The maximum atomic E-state index is 12.6. The number of hydrogen-bond acceptors (Lipinski definition) is 2. The summed E-state index contributed by atoms with van der Waals surface area (Å²) in [6, 6.07) is 7.67.